The van der Waals surface area contributed by atoms with Crippen LogP contribution < -0.4 is 0 Å². The second kappa shape index (κ2) is 4.80. The topological polar surface area (TPSA) is 51.6 Å². The molecule has 0 radical (unpaired) electrons. The average molecular weight is 275 g/mol. The molecule has 3 rings (SSSR count). The van der Waals surface area contributed by atoms with Gasteiger partial charge in [-0.15, -0.1) is 11.3 Å². The monoisotopic (exact) mass is 274 g/mol. The van der Waals surface area contributed by atoms with Gasteiger partial charge in [0, 0.05) is 35.7 Å². The van der Waals surface area contributed by atoms with E-state index in [4.69, 9.17) is 11.6 Å². The summed E-state index contributed by atoms with van der Waals surface area (Å²) in [5, 5.41) is 3.37. The minimum absolute atomic E-state index is 0.591. The summed E-state index contributed by atoms with van der Waals surface area (Å²) in [7, 11) is 0. The summed E-state index contributed by atoms with van der Waals surface area (Å²) in [6, 6.07) is 1.85. The van der Waals surface area contributed by atoms with Crippen molar-refractivity contribution in [1.82, 2.24) is 19.9 Å². The predicted octanol–water partition coefficient (Wildman–Crippen LogP) is 3.32. The molecule has 0 aliphatic carbocycles. The second-order valence-electron chi connectivity index (χ2n) is 3.48. The third-order valence-electron chi connectivity index (χ3n) is 2.33. The highest BCUT2D eigenvalue weighted by Crippen LogP contribution is 2.30. The molecule has 6 heteroatoms. The highest BCUT2D eigenvalue weighted by molar-refractivity contribution is 7.13. The van der Waals surface area contributed by atoms with Gasteiger partial charge in [-0.2, -0.15) is 0 Å². The minimum Gasteiger partial charge on any atom is -0.263 e. The first-order valence-electron chi connectivity index (χ1n) is 5.16. The van der Waals surface area contributed by atoms with Gasteiger partial charge in [-0.1, -0.05) is 11.6 Å². The first-order valence-corrected chi connectivity index (χ1v) is 6.42. The van der Waals surface area contributed by atoms with Crippen LogP contribution in [0.4, 0.5) is 0 Å². The van der Waals surface area contributed by atoms with Crippen molar-refractivity contribution in [2.45, 2.75) is 0 Å². The van der Waals surface area contributed by atoms with E-state index in [0.717, 1.165) is 22.0 Å². The molecule has 88 valence electrons. The maximum Gasteiger partial charge on any atom is 0.144 e. The molecule has 3 aromatic rings. The molecule has 0 saturated carbocycles. The van der Waals surface area contributed by atoms with Crippen molar-refractivity contribution in [3.8, 4) is 22.0 Å². The molecule has 18 heavy (non-hydrogen) atoms. The molecule has 0 unspecified atom stereocenters. The smallest absolute Gasteiger partial charge is 0.144 e. The Morgan fingerprint density at radius 3 is 2.67 bits per heavy atom. The fourth-order valence-electron chi connectivity index (χ4n) is 1.51. The molecule has 0 atom stereocenters. The predicted molar refractivity (Wildman–Crippen MR) is 71.4 cm³/mol. The highest BCUT2D eigenvalue weighted by atomic mass is 35.5. The zero-order chi connectivity index (χ0) is 12.4. The Balaban J connectivity index is 2.03. The van der Waals surface area contributed by atoms with Gasteiger partial charge >= 0.3 is 0 Å². The van der Waals surface area contributed by atoms with Gasteiger partial charge < -0.3 is 0 Å². The van der Waals surface area contributed by atoms with Gasteiger partial charge in [0.05, 0.1) is 16.9 Å². The number of pyridine rings is 1. The number of hydrogen-bond acceptors (Lipinski definition) is 5. The molecule has 3 aromatic heterocycles. The number of rotatable bonds is 2. The standard InChI is InChI=1S/C12H7ClN4S/c13-9-5-14-2-1-8(9)11-7-18-12(17-11)10-6-15-3-4-16-10/h1-7H. The molecule has 0 spiro atoms. The SMILES string of the molecule is Clc1cnccc1-c1csc(-c2cnccn2)n1. The van der Waals surface area contributed by atoms with Crippen molar-refractivity contribution in [1.29, 1.82) is 0 Å². The molecular formula is C12H7ClN4S. The molecule has 0 aliphatic rings. The Labute approximate surface area is 112 Å². The van der Waals surface area contributed by atoms with Crippen LogP contribution in [0.5, 0.6) is 0 Å². The molecule has 0 aromatic carbocycles. The van der Waals surface area contributed by atoms with Gasteiger partial charge in [-0.3, -0.25) is 15.0 Å². The van der Waals surface area contributed by atoms with Crippen LogP contribution in [0.3, 0.4) is 0 Å². The highest BCUT2D eigenvalue weighted by Gasteiger charge is 2.10. The summed E-state index contributed by atoms with van der Waals surface area (Å²) in [6.07, 6.45) is 8.28. The van der Waals surface area contributed by atoms with Gasteiger partial charge in [0.1, 0.15) is 10.7 Å². The van der Waals surface area contributed by atoms with Gasteiger partial charge in [0.2, 0.25) is 0 Å². The van der Waals surface area contributed by atoms with Crippen LogP contribution in [-0.4, -0.2) is 19.9 Å². The van der Waals surface area contributed by atoms with E-state index in [1.165, 1.54) is 11.3 Å². The lowest BCUT2D eigenvalue weighted by molar-refractivity contribution is 1.19. The van der Waals surface area contributed by atoms with Crippen molar-refractivity contribution in [3.63, 3.8) is 0 Å². The summed E-state index contributed by atoms with van der Waals surface area (Å²) in [5.74, 6) is 0. The van der Waals surface area contributed by atoms with Crippen molar-refractivity contribution in [3.05, 3.63) is 47.5 Å². The van der Waals surface area contributed by atoms with E-state index < -0.39 is 0 Å². The molecule has 3 heterocycles. The first kappa shape index (κ1) is 11.3. The van der Waals surface area contributed by atoms with E-state index in [-0.39, 0.29) is 0 Å². The Hall–Kier alpha value is -1.85. The fraction of sp³-hybridized carbons (Fsp3) is 0. The molecule has 0 aliphatic heterocycles. The van der Waals surface area contributed by atoms with Crippen molar-refractivity contribution in [2.75, 3.05) is 0 Å². The van der Waals surface area contributed by atoms with Crippen LogP contribution >= 0.6 is 22.9 Å². The van der Waals surface area contributed by atoms with Crippen LogP contribution in [-0.2, 0) is 0 Å². The zero-order valence-electron chi connectivity index (χ0n) is 9.12. The van der Waals surface area contributed by atoms with Crippen LogP contribution in [0.1, 0.15) is 0 Å². The van der Waals surface area contributed by atoms with E-state index in [0.29, 0.717) is 5.02 Å². The fourth-order valence-corrected chi connectivity index (χ4v) is 2.50. The van der Waals surface area contributed by atoms with E-state index in [1.54, 1.807) is 31.0 Å². The molecule has 0 saturated heterocycles. The second-order valence-corrected chi connectivity index (χ2v) is 4.75. The largest absolute Gasteiger partial charge is 0.263 e. The van der Waals surface area contributed by atoms with Gasteiger partial charge in [0.25, 0.3) is 0 Å². The summed E-state index contributed by atoms with van der Waals surface area (Å²) < 4.78 is 0. The lowest BCUT2D eigenvalue weighted by atomic mass is 10.2. The lowest BCUT2D eigenvalue weighted by Crippen LogP contribution is -1.84. The Bertz CT molecular complexity index is 669. The summed E-state index contributed by atoms with van der Waals surface area (Å²) in [4.78, 5) is 16.7. The number of halogens is 1. The maximum atomic E-state index is 6.09. The van der Waals surface area contributed by atoms with Crippen molar-refractivity contribution < 1.29 is 0 Å². The van der Waals surface area contributed by atoms with Crippen LogP contribution in [0.2, 0.25) is 5.02 Å². The molecule has 0 fully saturated rings. The normalized spacial score (nSPS) is 10.5. The third-order valence-corrected chi connectivity index (χ3v) is 3.50. The number of hydrogen-bond donors (Lipinski definition) is 0. The lowest BCUT2D eigenvalue weighted by Gasteiger charge is -1.98. The number of nitrogens with zero attached hydrogens (tertiary/aromatic N) is 4. The molecule has 4 nitrogen and oxygen atoms in total. The number of thiazole rings is 1. The van der Waals surface area contributed by atoms with Gasteiger partial charge in [-0.25, -0.2) is 4.98 Å². The third kappa shape index (κ3) is 2.10. The van der Waals surface area contributed by atoms with Crippen molar-refractivity contribution >= 4 is 22.9 Å². The van der Waals surface area contributed by atoms with Crippen LogP contribution in [0.15, 0.2) is 42.4 Å². The zero-order valence-corrected chi connectivity index (χ0v) is 10.7. The van der Waals surface area contributed by atoms with E-state index >= 15 is 0 Å². The Morgan fingerprint density at radius 2 is 1.89 bits per heavy atom. The van der Waals surface area contributed by atoms with Gasteiger partial charge in [-0.05, 0) is 6.07 Å². The van der Waals surface area contributed by atoms with E-state index in [9.17, 15) is 0 Å². The molecule has 0 N–H and O–H groups in total. The Kier molecular flexibility index (Phi) is 3.00. The molecule has 0 amide bonds. The van der Waals surface area contributed by atoms with Gasteiger partial charge in [0.15, 0.2) is 0 Å². The summed E-state index contributed by atoms with van der Waals surface area (Å²) in [6.45, 7) is 0. The quantitative estimate of drug-likeness (QED) is 0.719. The Morgan fingerprint density at radius 1 is 1.00 bits per heavy atom. The number of aromatic nitrogens is 4. The minimum atomic E-state index is 0.591. The molecular weight excluding hydrogens is 268 g/mol. The van der Waals surface area contributed by atoms with Crippen LogP contribution in [0.25, 0.3) is 22.0 Å². The average Bonchev–Trinajstić information content (AvgIpc) is 2.90. The van der Waals surface area contributed by atoms with Crippen LogP contribution in [0, 0.1) is 0 Å². The molecule has 0 bridgehead atoms. The summed E-state index contributed by atoms with van der Waals surface area (Å²) >= 11 is 7.60. The summed E-state index contributed by atoms with van der Waals surface area (Å²) in [5.41, 5.74) is 2.46. The first-order chi connectivity index (χ1) is 8.84. The maximum absolute atomic E-state index is 6.09. The van der Waals surface area contributed by atoms with E-state index in [2.05, 4.69) is 19.9 Å². The van der Waals surface area contributed by atoms with E-state index in [1.807, 2.05) is 11.4 Å². The van der Waals surface area contributed by atoms with Crippen molar-refractivity contribution in [2.24, 2.45) is 0 Å².